The average Bonchev–Trinajstić information content (AvgIpc) is 2.53. The van der Waals surface area contributed by atoms with Crippen molar-refractivity contribution in [3.8, 4) is 0 Å². The Balaban J connectivity index is 2.32. The van der Waals surface area contributed by atoms with Gasteiger partial charge in [-0.25, -0.2) is 0 Å². The number of carbonyl (C=O) groups is 1. The van der Waals surface area contributed by atoms with E-state index in [-0.39, 0.29) is 16.9 Å². The highest BCUT2D eigenvalue weighted by molar-refractivity contribution is 6.05. The Kier molecular flexibility index (Phi) is 5.79. The molecule has 1 N–H and O–H groups in total. The van der Waals surface area contributed by atoms with Gasteiger partial charge in [-0.2, -0.15) is 13.2 Å². The van der Waals surface area contributed by atoms with Gasteiger partial charge in [-0.05, 0) is 41.5 Å². The largest absolute Gasteiger partial charge is 0.417 e. The fourth-order valence-corrected chi connectivity index (χ4v) is 3.19. The number of anilines is 1. The Bertz CT molecular complexity index is 775. The number of alkyl halides is 3. The molecule has 0 bridgehead atoms. The Morgan fingerprint density at radius 3 is 2.19 bits per heavy atom. The molecular formula is C21H24F3NO. The number of hydrogen-bond acceptors (Lipinski definition) is 1. The molecule has 0 saturated carbocycles. The predicted molar refractivity (Wildman–Crippen MR) is 98.3 cm³/mol. The number of benzene rings is 2. The summed E-state index contributed by atoms with van der Waals surface area (Å²) in [6.45, 7) is 8.44. The molecule has 0 aliphatic carbocycles. The molecule has 2 aromatic carbocycles. The number of halogens is 3. The minimum absolute atomic E-state index is 0.0966. The maximum absolute atomic E-state index is 13.2. The molecule has 0 radical (unpaired) electrons. The molecule has 0 heterocycles. The second-order valence-corrected chi connectivity index (χ2v) is 7.75. The van der Waals surface area contributed by atoms with Crippen molar-refractivity contribution in [2.75, 3.05) is 5.32 Å². The first-order valence-electron chi connectivity index (χ1n) is 8.55. The summed E-state index contributed by atoms with van der Waals surface area (Å²) < 4.78 is 39.5. The van der Waals surface area contributed by atoms with Crippen LogP contribution < -0.4 is 5.32 Å². The van der Waals surface area contributed by atoms with Crippen molar-refractivity contribution >= 4 is 11.6 Å². The van der Waals surface area contributed by atoms with Crippen LogP contribution in [0.4, 0.5) is 18.9 Å². The normalized spacial score (nSPS) is 13.3. The lowest BCUT2D eigenvalue weighted by Crippen LogP contribution is -2.20. The fourth-order valence-electron chi connectivity index (χ4n) is 3.19. The molecule has 0 aliphatic heterocycles. The van der Waals surface area contributed by atoms with E-state index in [2.05, 4.69) is 33.0 Å². The van der Waals surface area contributed by atoms with Crippen molar-refractivity contribution in [2.24, 2.45) is 5.41 Å². The van der Waals surface area contributed by atoms with Crippen molar-refractivity contribution in [1.29, 1.82) is 0 Å². The summed E-state index contributed by atoms with van der Waals surface area (Å²) in [6, 6.07) is 12.1. The van der Waals surface area contributed by atoms with E-state index in [1.165, 1.54) is 18.2 Å². The lowest BCUT2D eigenvalue weighted by molar-refractivity contribution is -0.137. The van der Waals surface area contributed by atoms with Gasteiger partial charge in [-0.1, -0.05) is 58.0 Å². The van der Waals surface area contributed by atoms with Gasteiger partial charge in [0.2, 0.25) is 0 Å². The molecule has 0 fully saturated rings. The Morgan fingerprint density at radius 1 is 1.00 bits per heavy atom. The first-order chi connectivity index (χ1) is 12.0. The smallest absolute Gasteiger partial charge is 0.322 e. The average molecular weight is 363 g/mol. The van der Waals surface area contributed by atoms with Crippen molar-refractivity contribution in [3.05, 3.63) is 65.2 Å². The number of carbonyl (C=O) groups excluding carboxylic acids is 1. The SMILES string of the molecule is CC(CC(C)(C)C)c1ccccc1NC(=O)c1ccccc1C(F)(F)F. The van der Waals surface area contributed by atoms with E-state index in [1.54, 1.807) is 12.1 Å². The molecule has 1 atom stereocenters. The van der Waals surface area contributed by atoms with Gasteiger partial charge >= 0.3 is 6.18 Å². The molecular weight excluding hydrogens is 339 g/mol. The van der Waals surface area contributed by atoms with Gasteiger partial charge in [0.1, 0.15) is 0 Å². The zero-order chi connectivity index (χ0) is 19.5. The summed E-state index contributed by atoms with van der Waals surface area (Å²) in [5, 5.41) is 2.67. The third-order valence-electron chi connectivity index (χ3n) is 4.14. The van der Waals surface area contributed by atoms with Gasteiger partial charge in [-0.3, -0.25) is 4.79 Å². The third kappa shape index (κ3) is 5.10. The van der Waals surface area contributed by atoms with Crippen molar-refractivity contribution in [2.45, 2.75) is 46.2 Å². The van der Waals surface area contributed by atoms with Crippen LogP contribution in [0.1, 0.15) is 61.5 Å². The molecule has 1 amide bonds. The summed E-state index contributed by atoms with van der Waals surface area (Å²) in [5.41, 5.74) is 0.252. The van der Waals surface area contributed by atoms with Crippen LogP contribution in [0.25, 0.3) is 0 Å². The quantitative estimate of drug-likeness (QED) is 0.660. The molecule has 2 rings (SSSR count). The molecule has 5 heteroatoms. The summed E-state index contributed by atoms with van der Waals surface area (Å²) in [7, 11) is 0. The highest BCUT2D eigenvalue weighted by Gasteiger charge is 2.35. The molecule has 0 aromatic heterocycles. The zero-order valence-corrected chi connectivity index (χ0v) is 15.4. The van der Waals surface area contributed by atoms with Gasteiger partial charge < -0.3 is 5.32 Å². The van der Waals surface area contributed by atoms with Gasteiger partial charge in [-0.15, -0.1) is 0 Å². The molecule has 2 aromatic rings. The number of para-hydroxylation sites is 1. The van der Waals surface area contributed by atoms with Crippen molar-refractivity contribution in [3.63, 3.8) is 0 Å². The van der Waals surface area contributed by atoms with Crippen LogP contribution in [0.3, 0.4) is 0 Å². The van der Waals surface area contributed by atoms with Gasteiger partial charge in [0, 0.05) is 5.69 Å². The predicted octanol–water partition coefficient (Wildman–Crippen LogP) is 6.50. The summed E-state index contributed by atoms with van der Waals surface area (Å²) in [5.74, 6) is -0.599. The minimum Gasteiger partial charge on any atom is -0.322 e. The maximum atomic E-state index is 13.2. The van der Waals surface area contributed by atoms with E-state index in [9.17, 15) is 18.0 Å². The maximum Gasteiger partial charge on any atom is 0.417 e. The van der Waals surface area contributed by atoms with Crippen LogP contribution in [-0.4, -0.2) is 5.91 Å². The monoisotopic (exact) mass is 363 g/mol. The lowest BCUT2D eigenvalue weighted by Gasteiger charge is -2.25. The molecule has 0 spiro atoms. The van der Waals surface area contributed by atoms with Crippen molar-refractivity contribution < 1.29 is 18.0 Å². The fraction of sp³-hybridized carbons (Fsp3) is 0.381. The van der Waals surface area contributed by atoms with E-state index in [0.717, 1.165) is 18.1 Å². The highest BCUT2D eigenvalue weighted by atomic mass is 19.4. The number of amides is 1. The molecule has 26 heavy (non-hydrogen) atoms. The topological polar surface area (TPSA) is 29.1 Å². The van der Waals surface area contributed by atoms with E-state index in [0.29, 0.717) is 5.69 Å². The van der Waals surface area contributed by atoms with E-state index in [1.807, 2.05) is 12.1 Å². The molecule has 140 valence electrons. The van der Waals surface area contributed by atoms with Crippen LogP contribution >= 0.6 is 0 Å². The number of nitrogens with one attached hydrogen (secondary N) is 1. The highest BCUT2D eigenvalue weighted by Crippen LogP contribution is 2.35. The van der Waals surface area contributed by atoms with Crippen LogP contribution in [0.2, 0.25) is 0 Å². The Morgan fingerprint density at radius 2 is 1.58 bits per heavy atom. The number of hydrogen-bond donors (Lipinski definition) is 1. The van der Waals surface area contributed by atoms with Gasteiger partial charge in [0.15, 0.2) is 0 Å². The van der Waals surface area contributed by atoms with Gasteiger partial charge in [0.05, 0.1) is 11.1 Å². The standard InChI is InChI=1S/C21H24F3NO/c1-14(13-20(2,3)4)15-9-6-8-12-18(15)25-19(26)16-10-5-7-11-17(16)21(22,23)24/h5-12,14H,13H2,1-4H3,(H,25,26). The first-order valence-corrected chi connectivity index (χ1v) is 8.55. The Labute approximate surface area is 152 Å². The lowest BCUT2D eigenvalue weighted by atomic mass is 9.82. The molecule has 0 aliphatic rings. The zero-order valence-electron chi connectivity index (χ0n) is 15.4. The summed E-state index contributed by atoms with van der Waals surface area (Å²) >= 11 is 0. The van der Waals surface area contributed by atoms with E-state index >= 15 is 0 Å². The Hall–Kier alpha value is -2.30. The van der Waals surface area contributed by atoms with E-state index in [4.69, 9.17) is 0 Å². The molecule has 1 unspecified atom stereocenters. The number of rotatable bonds is 4. The second kappa shape index (κ2) is 7.52. The van der Waals surface area contributed by atoms with Gasteiger partial charge in [0.25, 0.3) is 5.91 Å². The molecule has 0 saturated heterocycles. The van der Waals surface area contributed by atoms with Crippen LogP contribution in [-0.2, 0) is 6.18 Å². The van der Waals surface area contributed by atoms with Crippen LogP contribution in [0, 0.1) is 5.41 Å². The first kappa shape index (κ1) is 20.0. The minimum atomic E-state index is -4.58. The van der Waals surface area contributed by atoms with Crippen LogP contribution in [0.15, 0.2) is 48.5 Å². The second-order valence-electron chi connectivity index (χ2n) is 7.75. The summed E-state index contributed by atoms with van der Waals surface area (Å²) in [6.07, 6.45) is -3.69. The van der Waals surface area contributed by atoms with Crippen LogP contribution in [0.5, 0.6) is 0 Å². The summed E-state index contributed by atoms with van der Waals surface area (Å²) in [4.78, 5) is 12.5. The van der Waals surface area contributed by atoms with Crippen molar-refractivity contribution in [1.82, 2.24) is 0 Å². The molecule has 2 nitrogen and oxygen atoms in total. The third-order valence-corrected chi connectivity index (χ3v) is 4.14. The van der Waals surface area contributed by atoms with E-state index < -0.39 is 17.6 Å².